The minimum Gasteiger partial charge on any atom is -0.351 e. The maximum Gasteiger partial charge on any atom is 0.132 e. The van der Waals surface area contributed by atoms with E-state index >= 15 is 0 Å². The van der Waals surface area contributed by atoms with E-state index in [1.165, 1.54) is 5.56 Å². The molecule has 0 N–H and O–H groups in total. The van der Waals surface area contributed by atoms with Crippen molar-refractivity contribution in [1.29, 1.82) is 0 Å². The molecule has 3 nitrogen and oxygen atoms in total. The fourth-order valence-corrected chi connectivity index (χ4v) is 2.14. The van der Waals surface area contributed by atoms with Gasteiger partial charge in [-0.15, -0.1) is 11.6 Å². The fraction of sp³-hybridized carbons (Fsp3) is 0.333. The standard InChI is InChI=1S/C15H18ClN3/c1-2-14-10-15(18-12-17-14)19(9-8-16)11-13-6-4-3-5-7-13/h3-7,10,12H,2,8-9,11H2,1H3. The molecule has 100 valence electrons. The summed E-state index contributed by atoms with van der Waals surface area (Å²) in [4.78, 5) is 10.8. The van der Waals surface area contributed by atoms with Gasteiger partial charge >= 0.3 is 0 Å². The lowest BCUT2D eigenvalue weighted by molar-refractivity contribution is 0.808. The molecule has 2 aromatic rings. The number of benzene rings is 1. The van der Waals surface area contributed by atoms with Gasteiger partial charge < -0.3 is 4.90 Å². The van der Waals surface area contributed by atoms with Gasteiger partial charge in [-0.3, -0.25) is 0 Å². The van der Waals surface area contributed by atoms with Crippen molar-refractivity contribution < 1.29 is 0 Å². The summed E-state index contributed by atoms with van der Waals surface area (Å²) >= 11 is 5.90. The highest BCUT2D eigenvalue weighted by molar-refractivity contribution is 6.18. The molecule has 0 aliphatic heterocycles. The molecule has 0 aliphatic rings. The van der Waals surface area contributed by atoms with Gasteiger partial charge in [0.15, 0.2) is 0 Å². The molecule has 1 aromatic carbocycles. The van der Waals surface area contributed by atoms with E-state index in [0.717, 1.165) is 31.0 Å². The van der Waals surface area contributed by atoms with Crippen molar-refractivity contribution in [2.75, 3.05) is 17.3 Å². The number of rotatable bonds is 6. The summed E-state index contributed by atoms with van der Waals surface area (Å²) in [7, 11) is 0. The summed E-state index contributed by atoms with van der Waals surface area (Å²) in [5, 5.41) is 0. The Morgan fingerprint density at radius 3 is 2.63 bits per heavy atom. The molecule has 0 aliphatic carbocycles. The van der Waals surface area contributed by atoms with Crippen LogP contribution in [0.1, 0.15) is 18.2 Å². The Bertz CT molecular complexity index is 502. The number of alkyl halides is 1. The molecule has 0 fully saturated rings. The molecule has 1 aromatic heterocycles. The van der Waals surface area contributed by atoms with Crippen molar-refractivity contribution in [3.63, 3.8) is 0 Å². The first-order valence-corrected chi connectivity index (χ1v) is 7.02. The van der Waals surface area contributed by atoms with Gasteiger partial charge in [-0.05, 0) is 12.0 Å². The van der Waals surface area contributed by atoms with Crippen molar-refractivity contribution in [3.05, 3.63) is 54.0 Å². The SMILES string of the molecule is CCc1cc(N(CCCl)Cc2ccccc2)ncn1. The molecule has 0 spiro atoms. The second kappa shape index (κ2) is 7.10. The van der Waals surface area contributed by atoms with Gasteiger partial charge in [-0.25, -0.2) is 9.97 Å². The summed E-state index contributed by atoms with van der Waals surface area (Å²) in [5.41, 5.74) is 2.31. The van der Waals surface area contributed by atoms with E-state index in [0.29, 0.717) is 5.88 Å². The van der Waals surface area contributed by atoms with Crippen LogP contribution in [0.5, 0.6) is 0 Å². The van der Waals surface area contributed by atoms with Crippen LogP contribution < -0.4 is 4.90 Å². The topological polar surface area (TPSA) is 29.0 Å². The summed E-state index contributed by atoms with van der Waals surface area (Å²) in [6, 6.07) is 12.4. The Morgan fingerprint density at radius 2 is 1.95 bits per heavy atom. The molecular formula is C15H18ClN3. The minimum atomic E-state index is 0.582. The lowest BCUT2D eigenvalue weighted by Gasteiger charge is -2.23. The zero-order chi connectivity index (χ0) is 13.5. The Labute approximate surface area is 119 Å². The summed E-state index contributed by atoms with van der Waals surface area (Å²) in [5.74, 6) is 1.52. The first-order chi connectivity index (χ1) is 9.33. The molecule has 1 heterocycles. The molecule has 0 saturated carbocycles. The predicted octanol–water partition coefficient (Wildman–Crippen LogP) is 3.28. The van der Waals surface area contributed by atoms with E-state index in [2.05, 4.69) is 33.9 Å². The first kappa shape index (κ1) is 13.8. The van der Waals surface area contributed by atoms with Crippen LogP contribution in [0.4, 0.5) is 5.82 Å². The Morgan fingerprint density at radius 1 is 1.16 bits per heavy atom. The van der Waals surface area contributed by atoms with Crippen LogP contribution in [0.15, 0.2) is 42.7 Å². The van der Waals surface area contributed by atoms with Gasteiger partial charge in [0.05, 0.1) is 0 Å². The monoisotopic (exact) mass is 275 g/mol. The van der Waals surface area contributed by atoms with Gasteiger partial charge in [0.1, 0.15) is 12.1 Å². The second-order valence-electron chi connectivity index (χ2n) is 4.32. The van der Waals surface area contributed by atoms with Crippen LogP contribution in [-0.4, -0.2) is 22.4 Å². The molecule has 0 amide bonds. The number of nitrogens with zero attached hydrogens (tertiary/aromatic N) is 3. The normalized spacial score (nSPS) is 10.4. The van der Waals surface area contributed by atoms with E-state index in [-0.39, 0.29) is 0 Å². The summed E-state index contributed by atoms with van der Waals surface area (Å²) in [6.07, 6.45) is 2.54. The quantitative estimate of drug-likeness (QED) is 0.758. The van der Waals surface area contributed by atoms with Gasteiger partial charge in [0, 0.05) is 30.7 Å². The van der Waals surface area contributed by atoms with Crippen molar-refractivity contribution >= 4 is 17.4 Å². The van der Waals surface area contributed by atoms with Crippen molar-refractivity contribution in [3.8, 4) is 0 Å². The zero-order valence-corrected chi connectivity index (χ0v) is 11.8. The third kappa shape index (κ3) is 3.93. The molecule has 0 atom stereocenters. The van der Waals surface area contributed by atoms with Crippen LogP contribution in [-0.2, 0) is 13.0 Å². The predicted molar refractivity (Wildman–Crippen MR) is 79.6 cm³/mol. The highest BCUT2D eigenvalue weighted by Gasteiger charge is 2.09. The average Bonchev–Trinajstić information content (AvgIpc) is 2.48. The third-order valence-corrected chi connectivity index (χ3v) is 3.14. The van der Waals surface area contributed by atoms with Crippen LogP contribution in [0.2, 0.25) is 0 Å². The average molecular weight is 276 g/mol. The summed E-state index contributed by atoms with van der Waals surface area (Å²) in [6.45, 7) is 3.68. The lowest BCUT2D eigenvalue weighted by atomic mass is 10.2. The van der Waals surface area contributed by atoms with Crippen LogP contribution in [0.3, 0.4) is 0 Å². The Hall–Kier alpha value is -1.61. The van der Waals surface area contributed by atoms with Gasteiger partial charge in [0.25, 0.3) is 0 Å². The third-order valence-electron chi connectivity index (χ3n) is 2.97. The highest BCUT2D eigenvalue weighted by Crippen LogP contribution is 2.15. The molecule has 19 heavy (non-hydrogen) atoms. The molecule has 2 rings (SSSR count). The van der Waals surface area contributed by atoms with Crippen molar-refractivity contribution in [1.82, 2.24) is 9.97 Å². The van der Waals surface area contributed by atoms with E-state index in [1.54, 1.807) is 6.33 Å². The number of anilines is 1. The zero-order valence-electron chi connectivity index (χ0n) is 11.1. The van der Waals surface area contributed by atoms with Gasteiger partial charge in [-0.1, -0.05) is 37.3 Å². The maximum atomic E-state index is 5.90. The molecule has 4 heteroatoms. The van der Waals surface area contributed by atoms with E-state index in [1.807, 2.05) is 24.3 Å². The second-order valence-corrected chi connectivity index (χ2v) is 4.70. The lowest BCUT2D eigenvalue weighted by Crippen LogP contribution is -2.26. The summed E-state index contributed by atoms with van der Waals surface area (Å²) < 4.78 is 0. The van der Waals surface area contributed by atoms with Crippen molar-refractivity contribution in [2.24, 2.45) is 0 Å². The van der Waals surface area contributed by atoms with Crippen molar-refractivity contribution in [2.45, 2.75) is 19.9 Å². The van der Waals surface area contributed by atoms with Gasteiger partial charge in [0.2, 0.25) is 0 Å². The number of hydrogen-bond donors (Lipinski definition) is 0. The highest BCUT2D eigenvalue weighted by atomic mass is 35.5. The van der Waals surface area contributed by atoms with Crippen LogP contribution in [0.25, 0.3) is 0 Å². The minimum absolute atomic E-state index is 0.582. The number of halogens is 1. The van der Waals surface area contributed by atoms with Crippen LogP contribution in [0, 0.1) is 0 Å². The Kier molecular flexibility index (Phi) is 5.16. The smallest absolute Gasteiger partial charge is 0.132 e. The van der Waals surface area contributed by atoms with E-state index in [4.69, 9.17) is 11.6 Å². The maximum absolute atomic E-state index is 5.90. The van der Waals surface area contributed by atoms with Crippen LogP contribution >= 0.6 is 11.6 Å². The number of aryl methyl sites for hydroxylation is 1. The molecule has 0 bridgehead atoms. The van der Waals surface area contributed by atoms with Gasteiger partial charge in [-0.2, -0.15) is 0 Å². The fourth-order valence-electron chi connectivity index (χ4n) is 1.93. The number of hydrogen-bond acceptors (Lipinski definition) is 3. The number of aromatic nitrogens is 2. The Balaban J connectivity index is 2.19. The molecular weight excluding hydrogens is 258 g/mol. The first-order valence-electron chi connectivity index (χ1n) is 6.49. The largest absolute Gasteiger partial charge is 0.351 e. The molecule has 0 unspecified atom stereocenters. The van der Waals surface area contributed by atoms with E-state index < -0.39 is 0 Å². The van der Waals surface area contributed by atoms with E-state index in [9.17, 15) is 0 Å². The molecule has 0 radical (unpaired) electrons. The molecule has 0 saturated heterocycles.